The van der Waals surface area contributed by atoms with Crippen molar-refractivity contribution in [2.75, 3.05) is 18.8 Å². The van der Waals surface area contributed by atoms with E-state index in [-0.39, 0.29) is 30.0 Å². The third-order valence-electron chi connectivity index (χ3n) is 6.42. The number of nitrogens with one attached hydrogen (secondary N) is 1. The third kappa shape index (κ3) is 3.64. The lowest BCUT2D eigenvalue weighted by molar-refractivity contribution is -0.129. The molecule has 1 aliphatic heterocycles. The van der Waals surface area contributed by atoms with Crippen molar-refractivity contribution in [2.45, 2.75) is 58.4 Å². The van der Waals surface area contributed by atoms with Crippen molar-refractivity contribution >= 4 is 15.9 Å². The summed E-state index contributed by atoms with van der Waals surface area (Å²) in [7, 11) is -3.33. The molecule has 1 unspecified atom stereocenters. The fourth-order valence-electron chi connectivity index (χ4n) is 4.84. The van der Waals surface area contributed by atoms with Gasteiger partial charge in [-0.1, -0.05) is 10.3 Å². The molecule has 1 saturated heterocycles. The van der Waals surface area contributed by atoms with Crippen LogP contribution >= 0.6 is 0 Å². The summed E-state index contributed by atoms with van der Waals surface area (Å²) in [6.07, 6.45) is 1.36. The van der Waals surface area contributed by atoms with Gasteiger partial charge >= 0.3 is 0 Å². The molecule has 2 fully saturated rings. The lowest BCUT2D eigenvalue weighted by atomic mass is 9.80. The van der Waals surface area contributed by atoms with Gasteiger partial charge in [0.25, 0.3) is 0 Å². The Kier molecular flexibility index (Phi) is 5.21. The van der Waals surface area contributed by atoms with E-state index in [0.29, 0.717) is 43.4 Å². The summed E-state index contributed by atoms with van der Waals surface area (Å²) < 4.78 is 37.7. The largest absolute Gasteiger partial charge is 0.361 e. The van der Waals surface area contributed by atoms with Crippen LogP contribution in [0.15, 0.2) is 9.05 Å². The Morgan fingerprint density at radius 1 is 1.27 bits per heavy atom. The summed E-state index contributed by atoms with van der Waals surface area (Å²) in [6.45, 7) is 7.93. The van der Waals surface area contributed by atoms with Gasteiger partial charge in [0.05, 0.1) is 23.3 Å². The number of carbonyl (C=O) groups excluding carboxylic acids is 1. The van der Waals surface area contributed by atoms with Crippen LogP contribution in [-0.4, -0.2) is 59.4 Å². The van der Waals surface area contributed by atoms with Crippen LogP contribution in [0.25, 0.3) is 0 Å². The summed E-state index contributed by atoms with van der Waals surface area (Å²) in [5.74, 6) is 1.71. The minimum atomic E-state index is -3.33. The summed E-state index contributed by atoms with van der Waals surface area (Å²) in [5.41, 5.74) is 0.987. The zero-order valence-corrected chi connectivity index (χ0v) is 18.5. The minimum absolute atomic E-state index is 0.0138. The van der Waals surface area contributed by atoms with E-state index in [1.54, 1.807) is 20.8 Å². The first kappa shape index (κ1) is 21.0. The number of likely N-dealkylation sites (tertiary alicyclic amines) is 1. The molecule has 30 heavy (non-hydrogen) atoms. The van der Waals surface area contributed by atoms with Gasteiger partial charge in [0.1, 0.15) is 5.76 Å². The Labute approximate surface area is 175 Å². The van der Waals surface area contributed by atoms with Crippen molar-refractivity contribution in [3.8, 4) is 0 Å². The highest BCUT2D eigenvalue weighted by molar-refractivity contribution is 7.89. The van der Waals surface area contributed by atoms with Gasteiger partial charge in [-0.2, -0.15) is 4.98 Å². The predicted molar refractivity (Wildman–Crippen MR) is 106 cm³/mol. The zero-order chi connectivity index (χ0) is 21.7. The molecule has 1 amide bonds. The molecule has 1 saturated carbocycles. The number of aromatic nitrogens is 3. The predicted octanol–water partition coefficient (Wildman–Crippen LogP) is 1.02. The van der Waals surface area contributed by atoms with Gasteiger partial charge in [-0.15, -0.1) is 0 Å². The van der Waals surface area contributed by atoms with Crippen molar-refractivity contribution in [2.24, 2.45) is 5.92 Å². The first-order valence-electron chi connectivity index (χ1n) is 10.1. The van der Waals surface area contributed by atoms with Crippen LogP contribution < -0.4 is 4.72 Å². The molecule has 1 N–H and O–H groups in total. The standard InChI is InChI=1S/C19H27N5O5S/c1-5-30(26,27)23-15-6-14-9-24(17(25)7-16-11(2)21-28-12(16)3)10-19(14,8-15)18-20-13(4)22-29-18/h14-15,23H,5-10H2,1-4H3/t14?,15-,19+/m1/s1. The van der Waals surface area contributed by atoms with Crippen LogP contribution in [-0.2, 0) is 26.7 Å². The highest BCUT2D eigenvalue weighted by atomic mass is 32.2. The maximum atomic E-state index is 13.1. The van der Waals surface area contributed by atoms with Gasteiger partial charge in [-0.25, -0.2) is 13.1 Å². The van der Waals surface area contributed by atoms with Crippen LogP contribution in [0.2, 0.25) is 0 Å². The second kappa shape index (κ2) is 7.45. The lowest BCUT2D eigenvalue weighted by Crippen LogP contribution is -2.40. The van der Waals surface area contributed by atoms with E-state index >= 15 is 0 Å². The average Bonchev–Trinajstić information content (AvgIpc) is 3.41. The SMILES string of the molecule is CCS(=O)(=O)N[C@@H]1CC2CN(C(=O)Cc3c(C)noc3C)C[C@@]2(c2nc(C)no2)C1. The van der Waals surface area contributed by atoms with E-state index in [4.69, 9.17) is 9.05 Å². The van der Waals surface area contributed by atoms with Gasteiger partial charge < -0.3 is 13.9 Å². The number of amides is 1. The second-order valence-electron chi connectivity index (χ2n) is 8.41. The van der Waals surface area contributed by atoms with Crippen molar-refractivity contribution < 1.29 is 22.3 Å². The quantitative estimate of drug-likeness (QED) is 0.709. The number of hydrogen-bond acceptors (Lipinski definition) is 8. The van der Waals surface area contributed by atoms with Gasteiger partial charge in [-0.3, -0.25) is 4.79 Å². The van der Waals surface area contributed by atoms with E-state index in [1.165, 1.54) is 0 Å². The molecular weight excluding hydrogens is 410 g/mol. The molecule has 0 aromatic carbocycles. The van der Waals surface area contributed by atoms with Crippen LogP contribution in [0.5, 0.6) is 0 Å². The van der Waals surface area contributed by atoms with Gasteiger partial charge in [-0.05, 0) is 46.5 Å². The molecule has 1 aliphatic carbocycles. The van der Waals surface area contributed by atoms with E-state index in [1.807, 2.05) is 11.8 Å². The Morgan fingerprint density at radius 3 is 2.63 bits per heavy atom. The maximum absolute atomic E-state index is 13.1. The van der Waals surface area contributed by atoms with Crippen LogP contribution in [0.4, 0.5) is 0 Å². The number of sulfonamides is 1. The summed E-state index contributed by atoms with van der Waals surface area (Å²) in [5, 5.41) is 7.86. The number of fused-ring (bicyclic) bond motifs is 1. The third-order valence-corrected chi connectivity index (χ3v) is 7.87. The smallest absolute Gasteiger partial charge is 0.235 e. The Balaban J connectivity index is 1.57. The molecule has 2 aromatic rings. The second-order valence-corrected chi connectivity index (χ2v) is 10.5. The molecule has 2 aliphatic rings. The van der Waals surface area contributed by atoms with Crippen molar-refractivity contribution in [1.82, 2.24) is 24.9 Å². The number of rotatable bonds is 6. The monoisotopic (exact) mass is 437 g/mol. The molecule has 164 valence electrons. The van der Waals surface area contributed by atoms with Crippen molar-refractivity contribution in [3.05, 3.63) is 28.7 Å². The Morgan fingerprint density at radius 2 is 2.03 bits per heavy atom. The van der Waals surface area contributed by atoms with Crippen LogP contribution in [0.3, 0.4) is 0 Å². The van der Waals surface area contributed by atoms with Gasteiger partial charge in [0.15, 0.2) is 5.82 Å². The molecule has 0 spiro atoms. The molecule has 0 radical (unpaired) electrons. The number of aryl methyl sites for hydroxylation is 3. The molecular formula is C19H27N5O5S. The van der Waals surface area contributed by atoms with Crippen LogP contribution in [0.1, 0.15) is 48.5 Å². The zero-order valence-electron chi connectivity index (χ0n) is 17.6. The number of hydrogen-bond donors (Lipinski definition) is 1. The lowest BCUT2D eigenvalue weighted by Gasteiger charge is -2.25. The molecule has 11 heteroatoms. The highest BCUT2D eigenvalue weighted by Gasteiger charge is 2.58. The summed E-state index contributed by atoms with van der Waals surface area (Å²) in [6, 6.07) is -0.216. The first-order chi connectivity index (χ1) is 14.1. The molecule has 3 heterocycles. The molecule has 2 aromatic heterocycles. The van der Waals surface area contributed by atoms with E-state index < -0.39 is 15.4 Å². The Bertz CT molecular complexity index is 1040. The van der Waals surface area contributed by atoms with E-state index in [9.17, 15) is 13.2 Å². The number of carbonyl (C=O) groups is 1. The number of nitrogens with zero attached hydrogens (tertiary/aromatic N) is 4. The summed E-state index contributed by atoms with van der Waals surface area (Å²) in [4.78, 5) is 19.3. The van der Waals surface area contributed by atoms with Crippen molar-refractivity contribution in [3.63, 3.8) is 0 Å². The van der Waals surface area contributed by atoms with Gasteiger partial charge in [0.2, 0.25) is 21.8 Å². The van der Waals surface area contributed by atoms with Crippen molar-refractivity contribution in [1.29, 1.82) is 0 Å². The Hall–Kier alpha value is -2.27. The fraction of sp³-hybridized carbons (Fsp3) is 0.684. The molecule has 10 nitrogen and oxygen atoms in total. The minimum Gasteiger partial charge on any atom is -0.361 e. The van der Waals surface area contributed by atoms with E-state index in [2.05, 4.69) is 20.0 Å². The molecule has 4 rings (SSSR count). The first-order valence-corrected chi connectivity index (χ1v) is 11.8. The fourth-order valence-corrected chi connectivity index (χ4v) is 5.69. The van der Waals surface area contributed by atoms with Crippen LogP contribution in [0, 0.1) is 26.7 Å². The summed E-state index contributed by atoms with van der Waals surface area (Å²) >= 11 is 0. The van der Waals surface area contributed by atoms with E-state index in [0.717, 1.165) is 11.3 Å². The maximum Gasteiger partial charge on any atom is 0.235 e. The van der Waals surface area contributed by atoms with Gasteiger partial charge in [0, 0.05) is 24.7 Å². The molecule has 3 atom stereocenters. The molecule has 0 bridgehead atoms. The topological polar surface area (TPSA) is 131 Å². The normalized spacial score (nSPS) is 26.3. The highest BCUT2D eigenvalue weighted by Crippen LogP contribution is 2.50. The average molecular weight is 438 g/mol.